The summed E-state index contributed by atoms with van der Waals surface area (Å²) in [4.78, 5) is 28.1. The van der Waals surface area contributed by atoms with Crippen molar-refractivity contribution in [3.8, 4) is 0 Å². The molecule has 0 fully saturated rings. The average Bonchev–Trinajstić information content (AvgIpc) is 2.86. The maximum atomic E-state index is 13.7. The first kappa shape index (κ1) is 27.6. The van der Waals surface area contributed by atoms with Crippen molar-refractivity contribution in [3.05, 3.63) is 99.4 Å². The minimum absolute atomic E-state index is 0.00563. The fourth-order valence-electron chi connectivity index (χ4n) is 3.73. The highest BCUT2D eigenvalue weighted by molar-refractivity contribution is 14.1. The predicted molar refractivity (Wildman–Crippen MR) is 146 cm³/mol. The lowest BCUT2D eigenvalue weighted by molar-refractivity contribution is -0.139. The van der Waals surface area contributed by atoms with Gasteiger partial charge in [0.1, 0.15) is 18.4 Å². The molecule has 0 heterocycles. The lowest BCUT2D eigenvalue weighted by Gasteiger charge is -2.33. The van der Waals surface area contributed by atoms with E-state index in [9.17, 15) is 22.4 Å². The van der Waals surface area contributed by atoms with Crippen LogP contribution in [0.3, 0.4) is 0 Å². The molecule has 0 spiro atoms. The minimum Gasteiger partial charge on any atom is -0.357 e. The van der Waals surface area contributed by atoms with Crippen LogP contribution in [0, 0.1) is 9.39 Å². The van der Waals surface area contributed by atoms with Crippen LogP contribution in [0.25, 0.3) is 0 Å². The van der Waals surface area contributed by atoms with Crippen LogP contribution in [0.5, 0.6) is 0 Å². The number of nitrogens with one attached hydrogen (secondary N) is 1. The van der Waals surface area contributed by atoms with Gasteiger partial charge in [-0.2, -0.15) is 0 Å². The molecule has 0 radical (unpaired) electrons. The zero-order valence-corrected chi connectivity index (χ0v) is 22.9. The van der Waals surface area contributed by atoms with Crippen molar-refractivity contribution in [2.75, 3.05) is 24.2 Å². The molecule has 0 bridgehead atoms. The third-order valence-corrected chi connectivity index (χ3v) is 7.44. The largest absolute Gasteiger partial charge is 0.357 e. The van der Waals surface area contributed by atoms with Crippen molar-refractivity contribution in [2.24, 2.45) is 0 Å². The van der Waals surface area contributed by atoms with Gasteiger partial charge in [0, 0.05) is 23.6 Å². The van der Waals surface area contributed by atoms with Gasteiger partial charge in [-0.05, 0) is 70.1 Å². The molecule has 3 aromatic rings. The van der Waals surface area contributed by atoms with Gasteiger partial charge in [0.15, 0.2) is 0 Å². The molecule has 0 unspecified atom stereocenters. The highest BCUT2D eigenvalue weighted by Crippen LogP contribution is 2.21. The summed E-state index contributed by atoms with van der Waals surface area (Å²) in [7, 11) is -2.33. The lowest BCUT2D eigenvalue weighted by atomic mass is 10.0. The number of rotatable bonds is 10. The Morgan fingerprint density at radius 2 is 1.56 bits per heavy atom. The van der Waals surface area contributed by atoms with E-state index >= 15 is 0 Å². The van der Waals surface area contributed by atoms with Gasteiger partial charge in [-0.25, -0.2) is 12.8 Å². The summed E-state index contributed by atoms with van der Waals surface area (Å²) in [6, 6.07) is 20.7. The van der Waals surface area contributed by atoms with Gasteiger partial charge in [-0.15, -0.1) is 0 Å². The third-order valence-electron chi connectivity index (χ3n) is 5.58. The molecule has 3 aromatic carbocycles. The van der Waals surface area contributed by atoms with Crippen LogP contribution in [-0.4, -0.2) is 51.0 Å². The molecule has 1 N–H and O–H groups in total. The van der Waals surface area contributed by atoms with E-state index in [2.05, 4.69) is 27.9 Å². The second-order valence-corrected chi connectivity index (χ2v) is 11.4. The Hall–Kier alpha value is -2.99. The van der Waals surface area contributed by atoms with Crippen molar-refractivity contribution in [1.82, 2.24) is 10.2 Å². The quantitative estimate of drug-likeness (QED) is 0.350. The van der Waals surface area contributed by atoms with Crippen LogP contribution < -0.4 is 9.62 Å². The van der Waals surface area contributed by atoms with Gasteiger partial charge in [0.05, 0.1) is 11.9 Å². The summed E-state index contributed by atoms with van der Waals surface area (Å²) in [5.41, 5.74) is 1.78. The number of carbonyl (C=O) groups is 2. The summed E-state index contributed by atoms with van der Waals surface area (Å²) in [6.45, 7) is -0.503. The highest BCUT2D eigenvalue weighted by Gasteiger charge is 2.32. The average molecular weight is 623 g/mol. The summed E-state index contributed by atoms with van der Waals surface area (Å²) in [5, 5.41) is 2.61. The van der Waals surface area contributed by atoms with E-state index in [1.165, 1.54) is 36.2 Å². The van der Waals surface area contributed by atoms with Gasteiger partial charge >= 0.3 is 0 Å². The summed E-state index contributed by atoms with van der Waals surface area (Å²) >= 11 is 2.11. The Labute approximate surface area is 224 Å². The van der Waals surface area contributed by atoms with Crippen molar-refractivity contribution in [3.63, 3.8) is 0 Å². The number of hydrogen-bond acceptors (Lipinski definition) is 4. The van der Waals surface area contributed by atoms with E-state index in [-0.39, 0.29) is 13.0 Å². The van der Waals surface area contributed by atoms with Crippen LogP contribution in [0.1, 0.15) is 11.1 Å². The first-order valence-electron chi connectivity index (χ1n) is 11.1. The van der Waals surface area contributed by atoms with Crippen LogP contribution in [0.2, 0.25) is 0 Å². The summed E-state index contributed by atoms with van der Waals surface area (Å²) in [6.07, 6.45) is 1.25. The lowest BCUT2D eigenvalue weighted by Crippen LogP contribution is -2.52. The topological polar surface area (TPSA) is 86.8 Å². The molecule has 36 heavy (non-hydrogen) atoms. The smallest absolute Gasteiger partial charge is 0.244 e. The SMILES string of the molecule is CNC(=O)[C@H](Cc1ccccc1)N(Cc1ccc(F)cc1)C(=O)CN(c1ccc(I)cc1)S(C)(=O)=O. The summed E-state index contributed by atoms with van der Waals surface area (Å²) in [5.74, 6) is -1.38. The molecule has 3 rings (SSSR count). The molecular formula is C26H27FIN3O4S. The minimum atomic E-state index is -3.82. The maximum Gasteiger partial charge on any atom is 0.244 e. The Kier molecular flexibility index (Phi) is 9.43. The Morgan fingerprint density at radius 3 is 2.11 bits per heavy atom. The maximum absolute atomic E-state index is 13.7. The molecule has 0 saturated heterocycles. The Morgan fingerprint density at radius 1 is 0.944 bits per heavy atom. The predicted octanol–water partition coefficient (Wildman–Crippen LogP) is 3.58. The van der Waals surface area contributed by atoms with E-state index in [1.54, 1.807) is 24.3 Å². The molecule has 0 aliphatic carbocycles. The van der Waals surface area contributed by atoms with E-state index in [0.29, 0.717) is 11.3 Å². The van der Waals surface area contributed by atoms with E-state index in [1.807, 2.05) is 30.3 Å². The fourth-order valence-corrected chi connectivity index (χ4v) is 4.94. The number of benzene rings is 3. The number of amides is 2. The Balaban J connectivity index is 2.00. The van der Waals surface area contributed by atoms with Gasteiger partial charge < -0.3 is 10.2 Å². The second kappa shape index (κ2) is 12.3. The number of nitrogens with zero attached hydrogens (tertiary/aromatic N) is 2. The number of hydrogen-bond donors (Lipinski definition) is 1. The molecule has 0 saturated carbocycles. The molecule has 0 aliphatic rings. The standard InChI is InChI=1S/C26H27FIN3O4S/c1-29-26(33)24(16-19-6-4-3-5-7-19)30(17-20-8-10-21(27)11-9-20)25(32)18-31(36(2,34)35)23-14-12-22(28)13-15-23/h3-15,24H,16-18H2,1-2H3,(H,29,33)/t24-/m0/s1. The van der Waals surface area contributed by atoms with Crippen molar-refractivity contribution in [2.45, 2.75) is 19.0 Å². The van der Waals surface area contributed by atoms with Crippen molar-refractivity contribution < 1.29 is 22.4 Å². The fraction of sp³-hybridized carbons (Fsp3) is 0.231. The first-order chi connectivity index (χ1) is 17.1. The number of anilines is 1. The van der Waals surface area contributed by atoms with E-state index in [0.717, 1.165) is 19.7 Å². The van der Waals surface area contributed by atoms with Crippen LogP contribution in [0.15, 0.2) is 78.9 Å². The van der Waals surface area contributed by atoms with E-state index < -0.39 is 40.2 Å². The molecule has 2 amide bonds. The number of likely N-dealkylation sites (N-methyl/N-ethyl adjacent to an activating group) is 1. The van der Waals surface area contributed by atoms with E-state index in [4.69, 9.17) is 0 Å². The van der Waals surface area contributed by atoms with Crippen LogP contribution in [-0.2, 0) is 32.6 Å². The number of sulfonamides is 1. The van der Waals surface area contributed by atoms with Gasteiger partial charge in [0.2, 0.25) is 21.8 Å². The normalized spacial score (nSPS) is 12.0. The van der Waals surface area contributed by atoms with Crippen molar-refractivity contribution >= 4 is 50.1 Å². The molecule has 0 aliphatic heterocycles. The molecule has 0 aromatic heterocycles. The molecular weight excluding hydrogens is 596 g/mol. The zero-order valence-electron chi connectivity index (χ0n) is 19.9. The first-order valence-corrected chi connectivity index (χ1v) is 14.0. The zero-order chi connectivity index (χ0) is 26.3. The second-order valence-electron chi connectivity index (χ2n) is 8.21. The van der Waals surface area contributed by atoms with Crippen LogP contribution >= 0.6 is 22.6 Å². The monoisotopic (exact) mass is 623 g/mol. The number of carbonyl (C=O) groups excluding carboxylic acids is 2. The number of halogens is 2. The van der Waals surface area contributed by atoms with Gasteiger partial charge in [-0.1, -0.05) is 42.5 Å². The third kappa shape index (κ3) is 7.50. The van der Waals surface area contributed by atoms with Crippen LogP contribution in [0.4, 0.5) is 10.1 Å². The molecule has 190 valence electrons. The molecule has 7 nitrogen and oxygen atoms in total. The summed E-state index contributed by atoms with van der Waals surface area (Å²) < 4.78 is 40.8. The Bertz CT molecular complexity index is 1290. The van der Waals surface area contributed by atoms with Gasteiger partial charge in [0.25, 0.3) is 0 Å². The molecule has 1 atom stereocenters. The van der Waals surface area contributed by atoms with Gasteiger partial charge in [-0.3, -0.25) is 13.9 Å². The highest BCUT2D eigenvalue weighted by atomic mass is 127. The van der Waals surface area contributed by atoms with Crippen molar-refractivity contribution in [1.29, 1.82) is 0 Å². The molecule has 10 heteroatoms.